The maximum Gasteiger partial charge on any atom is 2.00 e. The smallest absolute Gasteiger partial charge is 0.213 e. The molecule has 0 unspecified atom stereocenters. The van der Waals surface area contributed by atoms with E-state index in [0.29, 0.717) is 0 Å². The fourth-order valence-corrected chi connectivity index (χ4v) is 5.87. The van der Waals surface area contributed by atoms with E-state index in [4.69, 9.17) is 0 Å². The molecule has 0 saturated carbocycles. The molecule has 118 valence electrons. The Hall–Kier alpha value is 0.0795. The average Bonchev–Trinajstić information content (AvgIpc) is 3.15. The second-order valence-electron chi connectivity index (χ2n) is 4.63. The first-order valence-corrected chi connectivity index (χ1v) is 11.1. The molecule has 0 amide bonds. The van der Waals surface area contributed by atoms with E-state index in [1.54, 1.807) is 10.6 Å². The predicted molar refractivity (Wildman–Crippen MR) is 99.3 cm³/mol. The SMILES string of the molecule is CCP(CC)[c-]1cccc1.CCP(CC)[c-]1cccc1.[Fe+2]. The van der Waals surface area contributed by atoms with Crippen molar-refractivity contribution in [3.63, 3.8) is 0 Å². The van der Waals surface area contributed by atoms with Crippen LogP contribution in [-0.4, -0.2) is 24.6 Å². The molecule has 0 atom stereocenters. The van der Waals surface area contributed by atoms with Gasteiger partial charge in [0.05, 0.1) is 0 Å². The fraction of sp³-hybridized carbons (Fsp3) is 0.444. The fourth-order valence-electron chi connectivity index (χ4n) is 2.33. The molecule has 2 rings (SSSR count). The van der Waals surface area contributed by atoms with Gasteiger partial charge in [0.25, 0.3) is 0 Å². The molecule has 0 aliphatic carbocycles. The molecule has 0 aromatic heterocycles. The molecule has 2 aromatic rings. The molecular weight excluding hydrogens is 334 g/mol. The van der Waals surface area contributed by atoms with Gasteiger partial charge in [-0.05, 0) is 24.6 Å². The van der Waals surface area contributed by atoms with Gasteiger partial charge in [0.15, 0.2) is 0 Å². The molecule has 0 heterocycles. The van der Waals surface area contributed by atoms with E-state index in [2.05, 4.69) is 76.2 Å². The summed E-state index contributed by atoms with van der Waals surface area (Å²) in [4.78, 5) is 0. The van der Waals surface area contributed by atoms with Crippen molar-refractivity contribution in [1.29, 1.82) is 0 Å². The Bertz CT molecular complexity index is 370. The molecule has 0 saturated heterocycles. The number of rotatable bonds is 6. The van der Waals surface area contributed by atoms with Gasteiger partial charge in [-0.1, -0.05) is 27.7 Å². The molecule has 2 aromatic carbocycles. The molecule has 0 radical (unpaired) electrons. The summed E-state index contributed by atoms with van der Waals surface area (Å²) in [5, 5.41) is 3.14. The maximum absolute atomic E-state index is 2.28. The monoisotopic (exact) mass is 362 g/mol. The molecule has 0 aliphatic heterocycles. The van der Waals surface area contributed by atoms with Gasteiger partial charge in [-0.2, -0.15) is 24.3 Å². The minimum absolute atomic E-state index is 0. The van der Waals surface area contributed by atoms with Crippen molar-refractivity contribution in [2.24, 2.45) is 0 Å². The van der Waals surface area contributed by atoms with Crippen LogP contribution in [0.25, 0.3) is 0 Å². The van der Waals surface area contributed by atoms with Crippen LogP contribution in [0.5, 0.6) is 0 Å². The third-order valence-electron chi connectivity index (χ3n) is 3.55. The van der Waals surface area contributed by atoms with Crippen LogP contribution in [0.15, 0.2) is 48.5 Å². The van der Waals surface area contributed by atoms with Gasteiger partial charge in [-0.3, -0.25) is 0 Å². The van der Waals surface area contributed by atoms with Crippen molar-refractivity contribution < 1.29 is 17.1 Å². The van der Waals surface area contributed by atoms with E-state index >= 15 is 0 Å². The molecule has 0 aliphatic rings. The topological polar surface area (TPSA) is 0 Å². The van der Waals surface area contributed by atoms with E-state index in [0.717, 1.165) is 0 Å². The Morgan fingerprint density at radius 3 is 1.00 bits per heavy atom. The molecule has 0 spiro atoms. The van der Waals surface area contributed by atoms with Crippen molar-refractivity contribution in [3.05, 3.63) is 48.5 Å². The van der Waals surface area contributed by atoms with Crippen molar-refractivity contribution in [1.82, 2.24) is 0 Å². The van der Waals surface area contributed by atoms with Crippen LogP contribution >= 0.6 is 15.8 Å². The van der Waals surface area contributed by atoms with Gasteiger partial charge in [0.1, 0.15) is 0 Å². The molecule has 3 heteroatoms. The Labute approximate surface area is 144 Å². The Morgan fingerprint density at radius 2 is 0.810 bits per heavy atom. The van der Waals surface area contributed by atoms with Crippen LogP contribution in [0.1, 0.15) is 27.7 Å². The molecule has 21 heavy (non-hydrogen) atoms. The molecule has 0 bridgehead atoms. The second-order valence-corrected chi connectivity index (χ2v) is 10.4. The summed E-state index contributed by atoms with van der Waals surface area (Å²) in [5.41, 5.74) is 0. The van der Waals surface area contributed by atoms with Crippen LogP contribution in [-0.2, 0) is 17.1 Å². The van der Waals surface area contributed by atoms with Gasteiger partial charge in [0.2, 0.25) is 0 Å². The van der Waals surface area contributed by atoms with Gasteiger partial charge >= 0.3 is 17.1 Å². The minimum Gasteiger partial charge on any atom is -0.213 e. The second kappa shape index (κ2) is 12.6. The first kappa shape index (κ1) is 21.1. The van der Waals surface area contributed by atoms with E-state index in [-0.39, 0.29) is 32.9 Å². The van der Waals surface area contributed by atoms with Gasteiger partial charge in [-0.15, -0.1) is 26.5 Å². The molecule has 0 N–H and O–H groups in total. The van der Waals surface area contributed by atoms with Gasteiger partial charge in [-0.25, -0.2) is 24.3 Å². The van der Waals surface area contributed by atoms with Gasteiger partial charge < -0.3 is 0 Å². The van der Waals surface area contributed by atoms with Crippen LogP contribution < -0.4 is 10.6 Å². The summed E-state index contributed by atoms with van der Waals surface area (Å²) in [6, 6.07) is 17.5. The zero-order valence-corrected chi connectivity index (χ0v) is 16.6. The summed E-state index contributed by atoms with van der Waals surface area (Å²) < 4.78 is 0. The van der Waals surface area contributed by atoms with Crippen LogP contribution in [0.2, 0.25) is 0 Å². The van der Waals surface area contributed by atoms with Crippen molar-refractivity contribution in [2.45, 2.75) is 27.7 Å². The summed E-state index contributed by atoms with van der Waals surface area (Å²) in [7, 11) is 0.371. The number of hydrogen-bond acceptors (Lipinski definition) is 0. The van der Waals surface area contributed by atoms with E-state index < -0.39 is 0 Å². The predicted octanol–water partition coefficient (Wildman–Crippen LogP) is 5.10. The average molecular weight is 362 g/mol. The Balaban J connectivity index is 0.000000364. The van der Waals surface area contributed by atoms with Gasteiger partial charge in [0, 0.05) is 0 Å². The first-order valence-electron chi connectivity index (χ1n) is 7.70. The van der Waals surface area contributed by atoms with E-state index in [1.807, 2.05) is 0 Å². The standard InChI is InChI=1S/2C9H14P.Fe/c2*1-3-10(4-2)9-7-5-6-8-9;/h2*5-8H,3-4H2,1-2H3;/q2*-1;+2. The zero-order chi connectivity index (χ0) is 14.8. The molecular formula is C18H28FeP2. The zero-order valence-electron chi connectivity index (χ0n) is 13.7. The number of hydrogen-bond donors (Lipinski definition) is 0. The summed E-state index contributed by atoms with van der Waals surface area (Å²) in [6.45, 7) is 9.12. The third-order valence-corrected chi connectivity index (χ3v) is 8.66. The summed E-state index contributed by atoms with van der Waals surface area (Å²) in [6.07, 6.45) is 5.32. The Morgan fingerprint density at radius 1 is 0.571 bits per heavy atom. The summed E-state index contributed by atoms with van der Waals surface area (Å²) >= 11 is 0. The third kappa shape index (κ3) is 7.25. The minimum atomic E-state index is 0. The quantitative estimate of drug-likeness (QED) is 0.381. The molecule has 0 nitrogen and oxygen atoms in total. The molecule has 0 fully saturated rings. The van der Waals surface area contributed by atoms with Crippen molar-refractivity contribution in [2.75, 3.05) is 24.6 Å². The van der Waals surface area contributed by atoms with E-state index in [9.17, 15) is 0 Å². The van der Waals surface area contributed by atoms with Crippen LogP contribution in [0, 0.1) is 0 Å². The van der Waals surface area contributed by atoms with E-state index in [1.165, 1.54) is 24.6 Å². The van der Waals surface area contributed by atoms with Crippen LogP contribution in [0.3, 0.4) is 0 Å². The van der Waals surface area contributed by atoms with Crippen LogP contribution in [0.4, 0.5) is 0 Å². The maximum atomic E-state index is 2.28. The summed E-state index contributed by atoms with van der Waals surface area (Å²) in [5.74, 6) is 0. The van der Waals surface area contributed by atoms with Crippen molar-refractivity contribution >= 4 is 26.5 Å². The Kier molecular flexibility index (Phi) is 12.7. The van der Waals surface area contributed by atoms with Crippen molar-refractivity contribution in [3.8, 4) is 0 Å². The first-order chi connectivity index (χ1) is 9.76. The normalized spacial score (nSPS) is 10.2. The largest absolute Gasteiger partial charge is 2.00 e.